The maximum absolute atomic E-state index is 12.7. The average Bonchev–Trinajstić information content (AvgIpc) is 2.76. The Hall–Kier alpha value is -3.53. The van der Waals surface area contributed by atoms with E-state index in [0.29, 0.717) is 5.56 Å². The molecule has 0 spiro atoms. The molecule has 3 aromatic rings. The van der Waals surface area contributed by atoms with E-state index in [1.807, 2.05) is 42.5 Å². The SMILES string of the molecule is COc1ccccc1-c1ccc2c(c1COC(=O)c1ccccc1)C(C)=CC(C)(C)N2. The van der Waals surface area contributed by atoms with E-state index < -0.39 is 0 Å². The Bertz CT molecular complexity index is 1150. The lowest BCUT2D eigenvalue weighted by molar-refractivity contribution is 0.0473. The number of carbonyl (C=O) groups excluding carboxylic acids is 1. The second-order valence-electron chi connectivity index (χ2n) is 8.33. The molecule has 158 valence electrons. The number of benzene rings is 3. The van der Waals surface area contributed by atoms with Crippen LogP contribution in [0.2, 0.25) is 0 Å². The quantitative estimate of drug-likeness (QED) is 0.497. The minimum atomic E-state index is -0.338. The summed E-state index contributed by atoms with van der Waals surface area (Å²) in [6.45, 7) is 6.55. The first-order chi connectivity index (χ1) is 14.9. The Morgan fingerprint density at radius 1 is 0.935 bits per heavy atom. The molecule has 1 heterocycles. The molecule has 0 amide bonds. The van der Waals surface area contributed by atoms with Crippen molar-refractivity contribution in [2.75, 3.05) is 12.4 Å². The zero-order valence-corrected chi connectivity index (χ0v) is 18.4. The summed E-state index contributed by atoms with van der Waals surface area (Å²) in [6.07, 6.45) is 2.21. The van der Waals surface area contributed by atoms with E-state index in [-0.39, 0.29) is 18.1 Å². The molecule has 1 N–H and O–H groups in total. The van der Waals surface area contributed by atoms with Crippen molar-refractivity contribution >= 4 is 17.2 Å². The molecule has 0 radical (unpaired) electrons. The molecular weight excluding hydrogens is 386 g/mol. The molecule has 0 fully saturated rings. The maximum Gasteiger partial charge on any atom is 0.338 e. The molecule has 1 aliphatic heterocycles. The van der Waals surface area contributed by atoms with Gasteiger partial charge in [0, 0.05) is 22.4 Å². The van der Waals surface area contributed by atoms with Gasteiger partial charge >= 0.3 is 5.97 Å². The van der Waals surface area contributed by atoms with Crippen LogP contribution in [-0.2, 0) is 11.3 Å². The molecule has 1 aliphatic rings. The fourth-order valence-electron chi connectivity index (χ4n) is 4.26. The van der Waals surface area contributed by atoms with Crippen LogP contribution in [0.1, 0.15) is 42.3 Å². The van der Waals surface area contributed by atoms with E-state index in [1.165, 1.54) is 0 Å². The third kappa shape index (κ3) is 4.19. The highest BCUT2D eigenvalue weighted by atomic mass is 16.5. The van der Waals surface area contributed by atoms with Crippen LogP contribution >= 0.6 is 0 Å². The number of allylic oxidation sites excluding steroid dienone is 1. The van der Waals surface area contributed by atoms with Crippen LogP contribution in [0, 0.1) is 0 Å². The Kier molecular flexibility index (Phi) is 5.55. The minimum Gasteiger partial charge on any atom is -0.496 e. The molecule has 0 unspecified atom stereocenters. The molecule has 0 aromatic heterocycles. The molecule has 0 saturated heterocycles. The van der Waals surface area contributed by atoms with E-state index in [1.54, 1.807) is 19.2 Å². The van der Waals surface area contributed by atoms with Gasteiger partial charge in [-0.05, 0) is 56.2 Å². The van der Waals surface area contributed by atoms with Crippen molar-refractivity contribution in [2.24, 2.45) is 0 Å². The highest BCUT2D eigenvalue weighted by Gasteiger charge is 2.27. The van der Waals surface area contributed by atoms with Crippen LogP contribution in [0.5, 0.6) is 5.75 Å². The molecule has 3 aromatic carbocycles. The minimum absolute atomic E-state index is 0.152. The number of fused-ring (bicyclic) bond motifs is 1. The third-order valence-corrected chi connectivity index (χ3v) is 5.50. The first-order valence-electron chi connectivity index (χ1n) is 10.4. The molecule has 0 aliphatic carbocycles. The Labute approximate surface area is 183 Å². The molecular formula is C27H27NO3. The molecule has 0 saturated carbocycles. The standard InChI is InChI=1S/C27H27NO3/c1-18-16-27(2,3)28-23-15-14-20(21-12-8-9-13-24(21)30-4)22(25(18)23)17-31-26(29)19-10-6-5-7-11-19/h5-16,28H,17H2,1-4H3. The van der Waals surface area contributed by atoms with E-state index in [0.717, 1.165) is 39.3 Å². The number of para-hydroxylation sites is 1. The number of anilines is 1. The number of rotatable bonds is 5. The third-order valence-electron chi connectivity index (χ3n) is 5.50. The second kappa shape index (κ2) is 8.31. The predicted octanol–water partition coefficient (Wildman–Crippen LogP) is 6.33. The predicted molar refractivity (Wildman–Crippen MR) is 125 cm³/mol. The van der Waals surface area contributed by atoms with Gasteiger partial charge in [-0.25, -0.2) is 4.79 Å². The molecule has 31 heavy (non-hydrogen) atoms. The number of esters is 1. The van der Waals surface area contributed by atoms with Crippen molar-refractivity contribution in [3.05, 3.63) is 89.5 Å². The highest BCUT2D eigenvalue weighted by molar-refractivity contribution is 5.91. The van der Waals surface area contributed by atoms with Crippen molar-refractivity contribution in [1.29, 1.82) is 0 Å². The first kappa shape index (κ1) is 20.7. The average molecular weight is 414 g/mol. The highest BCUT2D eigenvalue weighted by Crippen LogP contribution is 2.42. The summed E-state index contributed by atoms with van der Waals surface area (Å²) in [4.78, 5) is 12.7. The molecule has 4 rings (SSSR count). The lowest BCUT2D eigenvalue weighted by Gasteiger charge is -2.33. The number of nitrogens with one attached hydrogen (secondary N) is 1. The normalized spacial score (nSPS) is 14.1. The van der Waals surface area contributed by atoms with Crippen LogP contribution in [0.25, 0.3) is 16.7 Å². The van der Waals surface area contributed by atoms with Crippen molar-refractivity contribution in [3.8, 4) is 16.9 Å². The smallest absolute Gasteiger partial charge is 0.338 e. The monoisotopic (exact) mass is 413 g/mol. The van der Waals surface area contributed by atoms with Crippen LogP contribution in [-0.4, -0.2) is 18.6 Å². The molecule has 0 atom stereocenters. The van der Waals surface area contributed by atoms with Crippen LogP contribution in [0.15, 0.2) is 72.8 Å². The van der Waals surface area contributed by atoms with Gasteiger partial charge in [0.1, 0.15) is 12.4 Å². The van der Waals surface area contributed by atoms with Gasteiger partial charge in [0.2, 0.25) is 0 Å². The van der Waals surface area contributed by atoms with Gasteiger partial charge in [0.05, 0.1) is 18.2 Å². The number of carbonyl (C=O) groups is 1. The maximum atomic E-state index is 12.7. The summed E-state index contributed by atoms with van der Waals surface area (Å²) >= 11 is 0. The zero-order valence-electron chi connectivity index (χ0n) is 18.4. The molecule has 4 heteroatoms. The van der Waals surface area contributed by atoms with Gasteiger partial charge in [-0.2, -0.15) is 0 Å². The number of ether oxygens (including phenoxy) is 2. The molecule has 4 nitrogen and oxygen atoms in total. The summed E-state index contributed by atoms with van der Waals surface area (Å²) in [5.74, 6) is 0.443. The summed E-state index contributed by atoms with van der Waals surface area (Å²) < 4.78 is 11.4. The number of hydrogen-bond acceptors (Lipinski definition) is 4. The lowest BCUT2D eigenvalue weighted by atomic mass is 9.85. The van der Waals surface area contributed by atoms with Crippen LogP contribution in [0.3, 0.4) is 0 Å². The fraction of sp³-hybridized carbons (Fsp3) is 0.222. The Morgan fingerprint density at radius 3 is 2.39 bits per heavy atom. The van der Waals surface area contributed by atoms with Crippen LogP contribution in [0.4, 0.5) is 5.69 Å². The zero-order chi connectivity index (χ0) is 22.0. The van der Waals surface area contributed by atoms with Gasteiger partial charge in [0.25, 0.3) is 0 Å². The topological polar surface area (TPSA) is 47.6 Å². The summed E-state index contributed by atoms with van der Waals surface area (Å²) in [7, 11) is 1.67. The van der Waals surface area contributed by atoms with Gasteiger partial charge in [-0.15, -0.1) is 0 Å². The van der Waals surface area contributed by atoms with E-state index in [9.17, 15) is 4.79 Å². The van der Waals surface area contributed by atoms with Gasteiger partial charge in [-0.3, -0.25) is 0 Å². The first-order valence-corrected chi connectivity index (χ1v) is 10.4. The van der Waals surface area contributed by atoms with E-state index in [4.69, 9.17) is 9.47 Å². The second-order valence-corrected chi connectivity index (χ2v) is 8.33. The largest absolute Gasteiger partial charge is 0.496 e. The van der Waals surface area contributed by atoms with Gasteiger partial charge in [0.15, 0.2) is 0 Å². The van der Waals surface area contributed by atoms with E-state index in [2.05, 4.69) is 44.3 Å². The number of methoxy groups -OCH3 is 1. The van der Waals surface area contributed by atoms with Crippen molar-refractivity contribution < 1.29 is 14.3 Å². The Morgan fingerprint density at radius 2 is 1.65 bits per heavy atom. The van der Waals surface area contributed by atoms with Crippen molar-refractivity contribution in [2.45, 2.75) is 32.9 Å². The Balaban J connectivity index is 1.81. The van der Waals surface area contributed by atoms with Crippen LogP contribution < -0.4 is 10.1 Å². The van der Waals surface area contributed by atoms with Gasteiger partial charge in [-0.1, -0.05) is 48.5 Å². The summed E-state index contributed by atoms with van der Waals surface area (Å²) in [6, 6.07) is 21.2. The van der Waals surface area contributed by atoms with E-state index >= 15 is 0 Å². The number of hydrogen-bond donors (Lipinski definition) is 1. The van der Waals surface area contributed by atoms with Crippen molar-refractivity contribution in [1.82, 2.24) is 0 Å². The lowest BCUT2D eigenvalue weighted by Crippen LogP contribution is -2.32. The van der Waals surface area contributed by atoms with Crippen molar-refractivity contribution in [3.63, 3.8) is 0 Å². The fourth-order valence-corrected chi connectivity index (χ4v) is 4.26. The summed E-state index contributed by atoms with van der Waals surface area (Å²) in [5.41, 5.74) is 6.57. The molecule has 0 bridgehead atoms. The van der Waals surface area contributed by atoms with Gasteiger partial charge < -0.3 is 14.8 Å². The summed E-state index contributed by atoms with van der Waals surface area (Å²) in [5, 5.41) is 3.59.